The van der Waals surface area contributed by atoms with Crippen molar-refractivity contribution in [3.8, 4) is 0 Å². The maximum atomic E-state index is 4.23. The molecule has 0 bridgehead atoms. The van der Waals surface area contributed by atoms with E-state index in [0.717, 1.165) is 19.4 Å². The van der Waals surface area contributed by atoms with Gasteiger partial charge in [0.05, 0.1) is 0 Å². The Morgan fingerprint density at radius 1 is 1.24 bits per heavy atom. The van der Waals surface area contributed by atoms with Gasteiger partial charge in [-0.05, 0) is 42.4 Å². The van der Waals surface area contributed by atoms with E-state index in [9.17, 15) is 0 Å². The Morgan fingerprint density at radius 3 is 2.19 bits per heavy atom. The van der Waals surface area contributed by atoms with Gasteiger partial charge in [0.25, 0.3) is 0 Å². The SMILES string of the molecule is C=C(C)C/C(=C/CC(=C)S/C(=C\C)C(C)(C)C)N(C)CC. The van der Waals surface area contributed by atoms with Crippen molar-refractivity contribution in [2.45, 2.75) is 54.4 Å². The van der Waals surface area contributed by atoms with Gasteiger partial charge in [0, 0.05) is 25.7 Å². The quantitative estimate of drug-likeness (QED) is 0.479. The second kappa shape index (κ2) is 9.19. The van der Waals surface area contributed by atoms with Gasteiger partial charge < -0.3 is 4.90 Å². The van der Waals surface area contributed by atoms with Crippen molar-refractivity contribution in [1.29, 1.82) is 0 Å². The molecule has 0 saturated heterocycles. The summed E-state index contributed by atoms with van der Waals surface area (Å²) in [6, 6.07) is 0. The molecule has 0 unspecified atom stereocenters. The fourth-order valence-electron chi connectivity index (χ4n) is 1.95. The van der Waals surface area contributed by atoms with E-state index in [1.54, 1.807) is 0 Å². The van der Waals surface area contributed by atoms with Crippen molar-refractivity contribution in [1.82, 2.24) is 4.90 Å². The van der Waals surface area contributed by atoms with E-state index in [0.29, 0.717) is 0 Å². The van der Waals surface area contributed by atoms with Crippen molar-refractivity contribution >= 4 is 11.8 Å². The van der Waals surface area contributed by atoms with Crippen molar-refractivity contribution in [3.05, 3.63) is 46.4 Å². The van der Waals surface area contributed by atoms with Gasteiger partial charge in [-0.1, -0.05) is 63.4 Å². The van der Waals surface area contributed by atoms with E-state index in [1.807, 2.05) is 11.8 Å². The van der Waals surface area contributed by atoms with E-state index < -0.39 is 0 Å². The van der Waals surface area contributed by atoms with Crippen LogP contribution in [0.15, 0.2) is 46.4 Å². The highest BCUT2D eigenvalue weighted by Gasteiger charge is 2.17. The van der Waals surface area contributed by atoms with E-state index in [1.165, 1.54) is 21.1 Å². The van der Waals surface area contributed by atoms with Gasteiger partial charge in [0.15, 0.2) is 0 Å². The molecule has 0 rings (SSSR count). The average molecular weight is 308 g/mol. The third-order valence-electron chi connectivity index (χ3n) is 3.27. The third kappa shape index (κ3) is 8.21. The second-order valence-corrected chi connectivity index (χ2v) is 7.81. The van der Waals surface area contributed by atoms with Crippen LogP contribution in [-0.4, -0.2) is 18.5 Å². The summed E-state index contributed by atoms with van der Waals surface area (Å²) in [7, 11) is 2.14. The number of thioether (sulfide) groups is 1. The minimum Gasteiger partial charge on any atom is -0.378 e. The molecule has 0 aliphatic carbocycles. The zero-order valence-corrected chi connectivity index (χ0v) is 15.9. The average Bonchev–Trinajstić information content (AvgIpc) is 2.37. The lowest BCUT2D eigenvalue weighted by Gasteiger charge is -2.24. The van der Waals surface area contributed by atoms with Gasteiger partial charge in [-0.2, -0.15) is 0 Å². The summed E-state index contributed by atoms with van der Waals surface area (Å²) in [5, 5.41) is 0. The molecule has 0 aromatic carbocycles. The first kappa shape index (κ1) is 20.1. The van der Waals surface area contributed by atoms with E-state index >= 15 is 0 Å². The number of hydrogen-bond acceptors (Lipinski definition) is 2. The molecule has 2 heteroatoms. The molecule has 1 nitrogen and oxygen atoms in total. The van der Waals surface area contributed by atoms with Gasteiger partial charge >= 0.3 is 0 Å². The van der Waals surface area contributed by atoms with Crippen LogP contribution in [0.25, 0.3) is 0 Å². The third-order valence-corrected chi connectivity index (χ3v) is 4.79. The van der Waals surface area contributed by atoms with Gasteiger partial charge in [-0.15, -0.1) is 0 Å². The minimum atomic E-state index is 0.187. The van der Waals surface area contributed by atoms with Gasteiger partial charge in [0.1, 0.15) is 0 Å². The molecule has 0 atom stereocenters. The van der Waals surface area contributed by atoms with Crippen LogP contribution in [0.5, 0.6) is 0 Å². The molecule has 120 valence electrons. The zero-order chi connectivity index (χ0) is 16.6. The summed E-state index contributed by atoms with van der Waals surface area (Å²) in [6.07, 6.45) is 6.35. The lowest BCUT2D eigenvalue weighted by Crippen LogP contribution is -2.17. The Hall–Kier alpha value is -0.890. The molecule has 0 aliphatic heterocycles. The molecule has 0 saturated carbocycles. The molecule has 0 aliphatic rings. The second-order valence-electron chi connectivity index (χ2n) is 6.59. The normalized spacial score (nSPS) is 13.3. The standard InChI is InChI=1S/C19H33NS/c1-10-18(19(6,7)8)21-16(5)12-13-17(14-15(3)4)20(9)11-2/h10,13H,3,5,11-12,14H2,1-2,4,6-9H3/b17-13-,18-10-. The summed E-state index contributed by atoms with van der Waals surface area (Å²) < 4.78 is 0. The molecule has 0 fully saturated rings. The zero-order valence-electron chi connectivity index (χ0n) is 15.0. The van der Waals surface area contributed by atoms with Crippen LogP contribution >= 0.6 is 11.8 Å². The first-order valence-electron chi connectivity index (χ1n) is 7.68. The summed E-state index contributed by atoms with van der Waals surface area (Å²) in [5.74, 6) is 0. The number of nitrogens with zero attached hydrogens (tertiary/aromatic N) is 1. The topological polar surface area (TPSA) is 3.24 Å². The fraction of sp³-hybridized carbons (Fsp3) is 0.579. The van der Waals surface area contributed by atoms with E-state index in [-0.39, 0.29) is 5.41 Å². The highest BCUT2D eigenvalue weighted by atomic mass is 32.2. The predicted molar refractivity (Wildman–Crippen MR) is 100 cm³/mol. The highest BCUT2D eigenvalue weighted by molar-refractivity contribution is 8.06. The predicted octanol–water partition coefficient (Wildman–Crippen LogP) is 6.38. The molecule has 21 heavy (non-hydrogen) atoms. The maximum absolute atomic E-state index is 4.23. The smallest absolute Gasteiger partial charge is 0.0143 e. The van der Waals surface area contributed by atoms with E-state index in [2.05, 4.69) is 78.8 Å². The Kier molecular flexibility index (Phi) is 8.80. The van der Waals surface area contributed by atoms with Gasteiger partial charge in [-0.3, -0.25) is 0 Å². The molecule has 0 aromatic heterocycles. The molecular formula is C19H33NS. The molecule has 0 aromatic rings. The van der Waals surface area contributed by atoms with Crippen LogP contribution in [-0.2, 0) is 0 Å². The van der Waals surface area contributed by atoms with Crippen LogP contribution in [0.4, 0.5) is 0 Å². The summed E-state index contributed by atoms with van der Waals surface area (Å²) in [5.41, 5.74) is 2.72. The van der Waals surface area contributed by atoms with E-state index in [4.69, 9.17) is 0 Å². The lowest BCUT2D eigenvalue weighted by atomic mass is 9.96. The highest BCUT2D eigenvalue weighted by Crippen LogP contribution is 2.39. The molecule has 0 spiro atoms. The first-order valence-corrected chi connectivity index (χ1v) is 8.50. The number of rotatable bonds is 8. The monoisotopic (exact) mass is 307 g/mol. The first-order chi connectivity index (χ1) is 9.61. The van der Waals surface area contributed by atoms with Crippen molar-refractivity contribution < 1.29 is 0 Å². The lowest BCUT2D eigenvalue weighted by molar-refractivity contribution is 0.429. The van der Waals surface area contributed by atoms with Crippen LogP contribution in [0.2, 0.25) is 0 Å². The van der Waals surface area contributed by atoms with Crippen LogP contribution in [0.3, 0.4) is 0 Å². The van der Waals surface area contributed by atoms with Gasteiger partial charge in [0.2, 0.25) is 0 Å². The van der Waals surface area contributed by atoms with Crippen molar-refractivity contribution in [3.63, 3.8) is 0 Å². The fourth-order valence-corrected chi connectivity index (χ4v) is 2.85. The number of hydrogen-bond donors (Lipinski definition) is 0. The molecular weight excluding hydrogens is 274 g/mol. The molecule has 0 heterocycles. The Bertz CT molecular complexity index is 421. The van der Waals surface area contributed by atoms with Crippen molar-refractivity contribution in [2.24, 2.45) is 5.41 Å². The van der Waals surface area contributed by atoms with Crippen LogP contribution in [0, 0.1) is 5.41 Å². The Balaban J connectivity index is 4.81. The van der Waals surface area contributed by atoms with Crippen LogP contribution in [0.1, 0.15) is 54.4 Å². The molecule has 0 radical (unpaired) electrons. The van der Waals surface area contributed by atoms with Gasteiger partial charge in [-0.25, -0.2) is 0 Å². The summed E-state index contributed by atoms with van der Waals surface area (Å²) >= 11 is 1.81. The molecule has 0 N–H and O–H groups in total. The van der Waals surface area contributed by atoms with Crippen molar-refractivity contribution in [2.75, 3.05) is 13.6 Å². The Labute approximate surface area is 136 Å². The van der Waals surface area contributed by atoms with Crippen LogP contribution < -0.4 is 0 Å². The summed E-state index contributed by atoms with van der Waals surface area (Å²) in [4.78, 5) is 4.86. The maximum Gasteiger partial charge on any atom is 0.0143 e. The summed E-state index contributed by atoms with van der Waals surface area (Å²) in [6.45, 7) is 22.4. The largest absolute Gasteiger partial charge is 0.378 e. The minimum absolute atomic E-state index is 0.187. The Morgan fingerprint density at radius 2 is 1.81 bits per heavy atom. The number of allylic oxidation sites excluding steroid dienone is 5. The molecule has 0 amide bonds.